The Labute approximate surface area is 111 Å². The molecule has 3 nitrogen and oxygen atoms in total. The Morgan fingerprint density at radius 2 is 2.06 bits per heavy atom. The molecule has 1 saturated heterocycles. The van der Waals surface area contributed by atoms with Crippen molar-refractivity contribution in [3.63, 3.8) is 0 Å². The third-order valence-electron chi connectivity index (χ3n) is 5.04. The number of aliphatic hydroxyl groups excluding tert-OH is 2. The Balaban J connectivity index is 1.83. The van der Waals surface area contributed by atoms with Crippen molar-refractivity contribution in [3.05, 3.63) is 0 Å². The summed E-state index contributed by atoms with van der Waals surface area (Å²) in [6.45, 7) is 8.02. The predicted molar refractivity (Wildman–Crippen MR) is 73.4 cm³/mol. The molecule has 0 aromatic rings. The van der Waals surface area contributed by atoms with Crippen molar-refractivity contribution >= 4 is 0 Å². The van der Waals surface area contributed by atoms with Gasteiger partial charge in [-0.2, -0.15) is 0 Å². The monoisotopic (exact) mass is 255 g/mol. The topological polar surface area (TPSA) is 43.7 Å². The number of likely N-dealkylation sites (tertiary alicyclic amines) is 1. The highest BCUT2D eigenvalue weighted by Crippen LogP contribution is 2.41. The van der Waals surface area contributed by atoms with E-state index in [1.807, 2.05) is 0 Å². The van der Waals surface area contributed by atoms with Gasteiger partial charge in [0.1, 0.15) is 0 Å². The van der Waals surface area contributed by atoms with Crippen LogP contribution in [0.4, 0.5) is 0 Å². The van der Waals surface area contributed by atoms with Gasteiger partial charge in [-0.1, -0.05) is 13.8 Å². The standard InChI is InChI=1S/C15H29NO2/c1-15(2)7-5-13(14(15)18)11-16-8-3-4-12(10-16)6-9-17/h12-14,17-18H,3-11H2,1-2H3. The van der Waals surface area contributed by atoms with Crippen LogP contribution >= 0.6 is 0 Å². The molecule has 0 aromatic carbocycles. The van der Waals surface area contributed by atoms with Crippen LogP contribution < -0.4 is 0 Å². The lowest BCUT2D eigenvalue weighted by atomic mass is 9.87. The minimum absolute atomic E-state index is 0.102. The molecule has 2 fully saturated rings. The van der Waals surface area contributed by atoms with E-state index in [0.717, 1.165) is 32.4 Å². The van der Waals surface area contributed by atoms with Crippen molar-refractivity contribution in [1.82, 2.24) is 4.90 Å². The first-order chi connectivity index (χ1) is 8.53. The number of aliphatic hydroxyl groups is 2. The molecule has 0 bridgehead atoms. The van der Waals surface area contributed by atoms with Gasteiger partial charge in [-0.15, -0.1) is 0 Å². The van der Waals surface area contributed by atoms with Gasteiger partial charge in [-0.05, 0) is 55.9 Å². The number of piperidine rings is 1. The van der Waals surface area contributed by atoms with Gasteiger partial charge in [-0.25, -0.2) is 0 Å². The number of hydrogen-bond donors (Lipinski definition) is 2. The van der Waals surface area contributed by atoms with Crippen LogP contribution in [0.5, 0.6) is 0 Å². The number of nitrogens with zero attached hydrogens (tertiary/aromatic N) is 1. The van der Waals surface area contributed by atoms with Gasteiger partial charge in [0.2, 0.25) is 0 Å². The second-order valence-corrected chi connectivity index (χ2v) is 7.01. The Morgan fingerprint density at radius 1 is 1.28 bits per heavy atom. The van der Waals surface area contributed by atoms with E-state index in [2.05, 4.69) is 18.7 Å². The van der Waals surface area contributed by atoms with Gasteiger partial charge in [0, 0.05) is 19.7 Å². The van der Waals surface area contributed by atoms with Crippen LogP contribution in [0.15, 0.2) is 0 Å². The Kier molecular flexibility index (Phi) is 4.68. The fourth-order valence-corrected chi connectivity index (χ4v) is 3.76. The van der Waals surface area contributed by atoms with E-state index in [0.29, 0.717) is 18.4 Å². The lowest BCUT2D eigenvalue weighted by Crippen LogP contribution is -2.41. The van der Waals surface area contributed by atoms with Gasteiger partial charge in [0.25, 0.3) is 0 Å². The molecule has 1 heterocycles. The van der Waals surface area contributed by atoms with Gasteiger partial charge in [0.15, 0.2) is 0 Å². The SMILES string of the molecule is CC1(C)CCC(CN2CCCC(CCO)C2)C1O. The second-order valence-electron chi connectivity index (χ2n) is 7.01. The van der Waals surface area contributed by atoms with Crippen LogP contribution in [0.2, 0.25) is 0 Å². The summed E-state index contributed by atoms with van der Waals surface area (Å²) in [5, 5.41) is 19.4. The van der Waals surface area contributed by atoms with Crippen LogP contribution in [0.25, 0.3) is 0 Å². The van der Waals surface area contributed by atoms with Crippen molar-refractivity contribution in [1.29, 1.82) is 0 Å². The van der Waals surface area contributed by atoms with Crippen LogP contribution in [0.3, 0.4) is 0 Å². The molecule has 106 valence electrons. The van der Waals surface area contributed by atoms with Gasteiger partial charge >= 0.3 is 0 Å². The predicted octanol–water partition coefficient (Wildman–Crippen LogP) is 1.88. The van der Waals surface area contributed by atoms with Crippen molar-refractivity contribution < 1.29 is 10.2 Å². The Morgan fingerprint density at radius 3 is 2.67 bits per heavy atom. The van der Waals surface area contributed by atoms with E-state index in [1.165, 1.54) is 19.4 Å². The zero-order chi connectivity index (χ0) is 13.2. The normalized spacial score (nSPS) is 37.0. The van der Waals surface area contributed by atoms with Gasteiger partial charge in [-0.3, -0.25) is 0 Å². The average molecular weight is 255 g/mol. The lowest BCUT2D eigenvalue weighted by molar-refractivity contribution is 0.0253. The first kappa shape index (κ1) is 14.3. The van der Waals surface area contributed by atoms with Crippen LogP contribution in [-0.4, -0.2) is 47.5 Å². The van der Waals surface area contributed by atoms with Crippen molar-refractivity contribution in [2.24, 2.45) is 17.3 Å². The highest BCUT2D eigenvalue weighted by Gasteiger charge is 2.41. The van der Waals surface area contributed by atoms with Gasteiger partial charge in [0.05, 0.1) is 6.10 Å². The third-order valence-corrected chi connectivity index (χ3v) is 5.04. The van der Waals surface area contributed by atoms with Crippen molar-refractivity contribution in [2.75, 3.05) is 26.2 Å². The number of rotatable bonds is 4. The summed E-state index contributed by atoms with van der Waals surface area (Å²) >= 11 is 0. The molecule has 0 amide bonds. The third kappa shape index (κ3) is 3.25. The minimum Gasteiger partial charge on any atom is -0.396 e. The summed E-state index contributed by atoms with van der Waals surface area (Å²) in [6, 6.07) is 0. The van der Waals surface area contributed by atoms with Crippen molar-refractivity contribution in [2.45, 2.75) is 52.1 Å². The van der Waals surface area contributed by atoms with Gasteiger partial charge < -0.3 is 15.1 Å². The van der Waals surface area contributed by atoms with E-state index in [-0.39, 0.29) is 11.5 Å². The average Bonchev–Trinajstić information content (AvgIpc) is 2.57. The Bertz CT molecular complexity index is 265. The smallest absolute Gasteiger partial charge is 0.0631 e. The molecule has 0 aromatic heterocycles. The van der Waals surface area contributed by atoms with E-state index in [4.69, 9.17) is 5.11 Å². The molecule has 2 rings (SSSR count). The largest absolute Gasteiger partial charge is 0.396 e. The quantitative estimate of drug-likeness (QED) is 0.806. The first-order valence-electron chi connectivity index (χ1n) is 7.54. The zero-order valence-corrected chi connectivity index (χ0v) is 11.9. The summed E-state index contributed by atoms with van der Waals surface area (Å²) in [4.78, 5) is 2.51. The molecular weight excluding hydrogens is 226 g/mol. The molecule has 0 radical (unpaired) electrons. The summed E-state index contributed by atoms with van der Waals surface area (Å²) in [7, 11) is 0. The van der Waals surface area contributed by atoms with Crippen molar-refractivity contribution in [3.8, 4) is 0 Å². The summed E-state index contributed by atoms with van der Waals surface area (Å²) in [6.07, 6.45) is 5.61. The molecule has 1 aliphatic heterocycles. The second kappa shape index (κ2) is 5.89. The maximum absolute atomic E-state index is 10.3. The van der Waals surface area contributed by atoms with E-state index in [1.54, 1.807) is 0 Å². The molecule has 2 N–H and O–H groups in total. The molecule has 2 aliphatic rings. The summed E-state index contributed by atoms with van der Waals surface area (Å²) in [5.74, 6) is 1.11. The first-order valence-corrected chi connectivity index (χ1v) is 7.54. The van der Waals surface area contributed by atoms with Crippen LogP contribution in [-0.2, 0) is 0 Å². The minimum atomic E-state index is -0.143. The lowest BCUT2D eigenvalue weighted by Gasteiger charge is -2.35. The van der Waals surface area contributed by atoms with E-state index >= 15 is 0 Å². The Hall–Kier alpha value is -0.120. The van der Waals surface area contributed by atoms with E-state index in [9.17, 15) is 5.11 Å². The molecule has 1 saturated carbocycles. The molecule has 1 aliphatic carbocycles. The van der Waals surface area contributed by atoms with Crippen LogP contribution in [0.1, 0.15) is 46.0 Å². The summed E-state index contributed by atoms with van der Waals surface area (Å²) < 4.78 is 0. The molecular formula is C15H29NO2. The molecule has 3 heteroatoms. The fourth-order valence-electron chi connectivity index (χ4n) is 3.76. The molecule has 0 spiro atoms. The highest BCUT2D eigenvalue weighted by atomic mass is 16.3. The fraction of sp³-hybridized carbons (Fsp3) is 1.00. The van der Waals surface area contributed by atoms with E-state index < -0.39 is 0 Å². The molecule has 3 unspecified atom stereocenters. The maximum Gasteiger partial charge on any atom is 0.0631 e. The maximum atomic E-state index is 10.3. The molecule has 3 atom stereocenters. The molecule has 18 heavy (non-hydrogen) atoms. The summed E-state index contributed by atoms with van der Waals surface area (Å²) in [5.41, 5.74) is 0.102. The number of hydrogen-bond acceptors (Lipinski definition) is 3. The zero-order valence-electron chi connectivity index (χ0n) is 11.9. The highest BCUT2D eigenvalue weighted by molar-refractivity contribution is 4.92. The van der Waals surface area contributed by atoms with Crippen LogP contribution in [0, 0.1) is 17.3 Å².